The van der Waals surface area contributed by atoms with Crippen molar-refractivity contribution in [3.63, 3.8) is 0 Å². The Morgan fingerprint density at radius 2 is 1.08 bits per heavy atom. The minimum atomic E-state index is -0.107. The van der Waals surface area contributed by atoms with Crippen LogP contribution < -0.4 is 0 Å². The summed E-state index contributed by atoms with van der Waals surface area (Å²) in [4.78, 5) is 11.1. The fourth-order valence-electron chi connectivity index (χ4n) is 9.65. The van der Waals surface area contributed by atoms with Gasteiger partial charge in [-0.2, -0.15) is 0 Å². The molecule has 1 aliphatic rings. The second-order valence-electron chi connectivity index (χ2n) is 16.5. The number of fused-ring (bicyclic) bond motifs is 12. The second-order valence-corrected chi connectivity index (χ2v) is 16.5. The Labute approximate surface area is 344 Å². The third-order valence-electron chi connectivity index (χ3n) is 12.4. The smallest absolute Gasteiger partial charge is 0.235 e. The molecular weight excluding hydrogens is 715 g/mol. The van der Waals surface area contributed by atoms with Gasteiger partial charge in [-0.15, -0.1) is 0 Å². The Kier molecular flexibility index (Phi) is 8.03. The van der Waals surface area contributed by atoms with Crippen LogP contribution in [0.15, 0.2) is 176 Å². The van der Waals surface area contributed by atoms with E-state index in [0.717, 1.165) is 49.5 Å². The highest BCUT2D eigenvalue weighted by Crippen LogP contribution is 2.52. The first-order valence-corrected chi connectivity index (χ1v) is 20.8. The first kappa shape index (κ1) is 35.1. The first-order chi connectivity index (χ1) is 28.9. The molecule has 0 amide bonds. The summed E-state index contributed by atoms with van der Waals surface area (Å²) in [5.41, 5.74) is 12.8. The Hall–Kier alpha value is -7.10. The van der Waals surface area contributed by atoms with E-state index in [9.17, 15) is 0 Å². The lowest BCUT2D eigenvalue weighted by molar-refractivity contribution is 0.661. The van der Waals surface area contributed by atoms with Crippen LogP contribution in [0.5, 0.6) is 0 Å². The molecule has 3 nitrogen and oxygen atoms in total. The number of benzene rings is 9. The van der Waals surface area contributed by atoms with Gasteiger partial charge in [0.2, 0.25) is 5.95 Å². The number of hydrogen-bond donors (Lipinski definition) is 0. The van der Waals surface area contributed by atoms with E-state index >= 15 is 0 Å². The summed E-state index contributed by atoms with van der Waals surface area (Å²) in [6.07, 6.45) is 1.25. The summed E-state index contributed by atoms with van der Waals surface area (Å²) in [7, 11) is 0. The van der Waals surface area contributed by atoms with Crippen LogP contribution in [0.25, 0.3) is 104 Å². The van der Waals surface area contributed by atoms with Gasteiger partial charge in [0.15, 0.2) is 0 Å². The highest BCUT2D eigenvalue weighted by molar-refractivity contribution is 6.17. The van der Waals surface area contributed by atoms with Gasteiger partial charge in [0.05, 0.1) is 22.2 Å². The molecule has 12 rings (SSSR count). The monoisotopic (exact) mass is 757 g/mol. The van der Waals surface area contributed by atoms with Crippen LogP contribution in [0.2, 0.25) is 0 Å². The van der Waals surface area contributed by atoms with Crippen LogP contribution in [0.4, 0.5) is 0 Å². The van der Waals surface area contributed by atoms with Crippen molar-refractivity contribution in [2.24, 2.45) is 0 Å². The lowest BCUT2D eigenvalue weighted by atomic mass is 9.82. The number of aromatic nitrogens is 3. The van der Waals surface area contributed by atoms with Crippen LogP contribution in [0, 0.1) is 0 Å². The summed E-state index contributed by atoms with van der Waals surface area (Å²) >= 11 is 0. The van der Waals surface area contributed by atoms with Crippen molar-refractivity contribution in [3.8, 4) is 39.5 Å². The average Bonchev–Trinajstić information content (AvgIpc) is 3.73. The maximum atomic E-state index is 5.54. The van der Waals surface area contributed by atoms with Gasteiger partial charge in [-0.25, -0.2) is 9.97 Å². The normalized spacial score (nSPS) is 12.9. The summed E-state index contributed by atoms with van der Waals surface area (Å²) in [5, 5.41) is 10.6. The van der Waals surface area contributed by atoms with Gasteiger partial charge in [-0.05, 0) is 79.0 Å². The molecule has 0 aliphatic heterocycles. The van der Waals surface area contributed by atoms with E-state index in [1.165, 1.54) is 66.6 Å². The van der Waals surface area contributed by atoms with Crippen molar-refractivity contribution >= 4 is 65.0 Å². The zero-order chi connectivity index (χ0) is 39.8. The largest absolute Gasteiger partial charge is 0.277 e. The Bertz CT molecular complexity index is 3460. The van der Waals surface area contributed by atoms with Crippen molar-refractivity contribution in [2.75, 3.05) is 0 Å². The summed E-state index contributed by atoms with van der Waals surface area (Å²) in [6.45, 7) is 8.97. The van der Waals surface area contributed by atoms with Gasteiger partial charge < -0.3 is 0 Å². The van der Waals surface area contributed by atoms with Crippen LogP contribution in [-0.4, -0.2) is 14.5 Å². The molecule has 0 saturated carbocycles. The highest BCUT2D eigenvalue weighted by atomic mass is 15.2. The van der Waals surface area contributed by atoms with E-state index in [2.05, 4.69) is 208 Å². The molecule has 0 bridgehead atoms. The maximum absolute atomic E-state index is 5.54. The molecule has 1 aliphatic carbocycles. The molecule has 2 aromatic heterocycles. The lowest BCUT2D eigenvalue weighted by Gasteiger charge is -2.21. The van der Waals surface area contributed by atoms with E-state index < -0.39 is 0 Å². The lowest BCUT2D eigenvalue weighted by Crippen LogP contribution is -2.14. The molecule has 0 atom stereocenters. The van der Waals surface area contributed by atoms with Gasteiger partial charge in [-0.3, -0.25) is 4.57 Å². The molecule has 9 aromatic carbocycles. The zero-order valence-electron chi connectivity index (χ0n) is 33.8. The van der Waals surface area contributed by atoms with E-state index in [1.54, 1.807) is 0 Å². The highest BCUT2D eigenvalue weighted by Gasteiger charge is 2.36. The summed E-state index contributed by atoms with van der Waals surface area (Å²) < 4.78 is 2.33. The topological polar surface area (TPSA) is 30.7 Å². The molecule has 3 heteroatoms. The Balaban J connectivity index is 0.00000129. The predicted molar refractivity (Wildman–Crippen MR) is 251 cm³/mol. The summed E-state index contributed by atoms with van der Waals surface area (Å²) in [5.74, 6) is 0.661. The molecule has 0 fully saturated rings. The van der Waals surface area contributed by atoms with Crippen molar-refractivity contribution in [2.45, 2.75) is 39.5 Å². The number of hydrogen-bond acceptors (Lipinski definition) is 2. The van der Waals surface area contributed by atoms with Crippen molar-refractivity contribution in [1.82, 2.24) is 14.5 Å². The third-order valence-corrected chi connectivity index (χ3v) is 12.4. The predicted octanol–water partition coefficient (Wildman–Crippen LogP) is 15.2. The molecule has 0 unspecified atom stereocenters. The van der Waals surface area contributed by atoms with Crippen molar-refractivity contribution in [1.29, 1.82) is 0 Å². The van der Waals surface area contributed by atoms with E-state index in [-0.39, 0.29) is 5.41 Å². The zero-order valence-corrected chi connectivity index (χ0v) is 33.8. The summed E-state index contributed by atoms with van der Waals surface area (Å²) in [6, 6.07) is 64.1. The van der Waals surface area contributed by atoms with Gasteiger partial charge in [0.25, 0.3) is 0 Å². The number of para-hydroxylation sites is 1. The minimum Gasteiger partial charge on any atom is -0.277 e. The molecule has 59 heavy (non-hydrogen) atoms. The molecule has 0 spiro atoms. The Morgan fingerprint density at radius 3 is 1.86 bits per heavy atom. The van der Waals surface area contributed by atoms with Gasteiger partial charge in [0.1, 0.15) is 0 Å². The number of nitrogens with zero attached hydrogens (tertiary/aromatic N) is 3. The second kappa shape index (κ2) is 13.5. The fraction of sp³-hybridized carbons (Fsp3) is 0.107. The quantitative estimate of drug-likeness (QED) is 0.168. The molecule has 0 saturated heterocycles. The van der Waals surface area contributed by atoms with Crippen LogP contribution in [0.1, 0.15) is 45.2 Å². The van der Waals surface area contributed by atoms with E-state index in [0.29, 0.717) is 5.95 Å². The van der Waals surface area contributed by atoms with Gasteiger partial charge >= 0.3 is 0 Å². The Morgan fingerprint density at radius 1 is 0.458 bits per heavy atom. The molecular formula is C56H43N3. The third kappa shape index (κ3) is 5.35. The van der Waals surface area contributed by atoms with E-state index in [4.69, 9.17) is 9.97 Å². The minimum absolute atomic E-state index is 0.107. The fourth-order valence-corrected chi connectivity index (χ4v) is 9.65. The first-order valence-electron chi connectivity index (χ1n) is 20.8. The SMILES string of the molecule is CC1(C)c2ccc(-c3cccc4c5cc6ccccc6cc5n(-c5nc(-c6ccccc6)c6ccc7ccccc7c6n5)c34)cc2-c2c1ccc1ccccc21.CCC. The van der Waals surface area contributed by atoms with Crippen LogP contribution in [0.3, 0.4) is 0 Å². The van der Waals surface area contributed by atoms with Crippen LogP contribution >= 0.6 is 0 Å². The van der Waals surface area contributed by atoms with Gasteiger partial charge in [-0.1, -0.05) is 186 Å². The molecule has 2 heterocycles. The van der Waals surface area contributed by atoms with Gasteiger partial charge in [0, 0.05) is 38.1 Å². The molecule has 282 valence electrons. The molecule has 0 N–H and O–H groups in total. The molecule has 0 radical (unpaired) electrons. The maximum Gasteiger partial charge on any atom is 0.235 e. The standard InChI is InChI=1S/C53H35N3.C3H8/c1-53(2)45-27-25-37(30-44(45)48-38-19-10-8-13-32(38)24-28-46(48)53)40-21-12-22-41-43-29-35-17-6-7-18-36(35)31-47(43)56(51(40)41)52-54-49(34-15-4-3-5-16-34)42-26-23-33-14-9-11-20-39(33)50(42)55-52;1-3-2/h3-31H,1-2H3;3H2,1-2H3. The van der Waals surface area contributed by atoms with Crippen molar-refractivity contribution in [3.05, 3.63) is 187 Å². The van der Waals surface area contributed by atoms with E-state index in [1.807, 2.05) is 0 Å². The molecule has 11 aromatic rings. The number of rotatable bonds is 3. The van der Waals surface area contributed by atoms with Crippen molar-refractivity contribution < 1.29 is 0 Å². The average molecular weight is 758 g/mol. The van der Waals surface area contributed by atoms with Crippen LogP contribution in [-0.2, 0) is 5.41 Å².